The first-order valence-corrected chi connectivity index (χ1v) is 9.31. The Labute approximate surface area is 150 Å². The van der Waals surface area contributed by atoms with E-state index in [9.17, 15) is 0 Å². The van der Waals surface area contributed by atoms with Gasteiger partial charge in [0.1, 0.15) is 0 Å². The van der Waals surface area contributed by atoms with E-state index in [-0.39, 0.29) is 10.8 Å². The van der Waals surface area contributed by atoms with Crippen molar-refractivity contribution in [3.63, 3.8) is 0 Å². The van der Waals surface area contributed by atoms with Gasteiger partial charge in [0.15, 0.2) is 0 Å². The van der Waals surface area contributed by atoms with Gasteiger partial charge >= 0.3 is 0 Å². The largest absolute Gasteiger partial charge is 0.0620 e. The maximum Gasteiger partial charge on any atom is 0.0196 e. The predicted molar refractivity (Wildman–Crippen MR) is 105 cm³/mol. The number of rotatable bonds is 1. The third-order valence-corrected chi connectivity index (χ3v) is 6.55. The highest BCUT2D eigenvalue weighted by Gasteiger charge is 2.51. The Hall–Kier alpha value is -2.34. The van der Waals surface area contributed by atoms with Crippen LogP contribution < -0.4 is 0 Å². The van der Waals surface area contributed by atoms with Crippen LogP contribution >= 0.6 is 0 Å². The second-order valence-electron chi connectivity index (χ2n) is 8.63. The number of hydrogen-bond donors (Lipinski definition) is 0. The van der Waals surface area contributed by atoms with E-state index >= 15 is 0 Å². The van der Waals surface area contributed by atoms with Crippen LogP contribution in [0.1, 0.15) is 55.4 Å². The van der Waals surface area contributed by atoms with Crippen molar-refractivity contribution in [3.8, 4) is 11.1 Å². The molecule has 2 aliphatic rings. The number of hydrogen-bond acceptors (Lipinski definition) is 0. The summed E-state index contributed by atoms with van der Waals surface area (Å²) >= 11 is 0. The molecule has 1 atom stereocenters. The molecule has 3 aromatic carbocycles. The fraction of sp³-hybridized carbons (Fsp3) is 0.280. The van der Waals surface area contributed by atoms with Crippen LogP contribution in [-0.4, -0.2) is 0 Å². The van der Waals surface area contributed by atoms with Gasteiger partial charge in [-0.3, -0.25) is 0 Å². The first-order valence-electron chi connectivity index (χ1n) is 9.31. The van der Waals surface area contributed by atoms with Crippen molar-refractivity contribution in [2.75, 3.05) is 0 Å². The zero-order valence-corrected chi connectivity index (χ0v) is 15.2. The van der Waals surface area contributed by atoms with E-state index in [1.54, 1.807) is 0 Å². The quantitative estimate of drug-likeness (QED) is 0.483. The molecule has 1 unspecified atom stereocenters. The van der Waals surface area contributed by atoms with Crippen molar-refractivity contribution >= 4 is 0 Å². The molecule has 0 radical (unpaired) electrons. The summed E-state index contributed by atoms with van der Waals surface area (Å²) in [6.45, 7) is 7.30. The van der Waals surface area contributed by atoms with Gasteiger partial charge < -0.3 is 0 Å². The second-order valence-corrected chi connectivity index (χ2v) is 8.63. The van der Waals surface area contributed by atoms with Crippen LogP contribution in [0.2, 0.25) is 0 Å². The average Bonchev–Trinajstić information content (AvgIpc) is 3.06. The van der Waals surface area contributed by atoms with Crippen molar-refractivity contribution in [1.82, 2.24) is 0 Å². The lowest BCUT2D eigenvalue weighted by molar-refractivity contribution is 0.346. The Bertz CT molecular complexity index is 933. The summed E-state index contributed by atoms with van der Waals surface area (Å²) in [7, 11) is 0. The maximum atomic E-state index is 2.49. The second kappa shape index (κ2) is 4.85. The summed E-state index contributed by atoms with van der Waals surface area (Å²) in [6, 6.07) is 27.2. The number of fused-ring (bicyclic) bond motifs is 4. The molecule has 0 heteroatoms. The fourth-order valence-electron chi connectivity index (χ4n) is 5.78. The third-order valence-electron chi connectivity index (χ3n) is 6.55. The lowest BCUT2D eigenvalue weighted by atomic mass is 9.67. The van der Waals surface area contributed by atoms with E-state index in [4.69, 9.17) is 0 Å². The Morgan fingerprint density at radius 2 is 1.12 bits per heavy atom. The van der Waals surface area contributed by atoms with Crippen LogP contribution in [0.15, 0.2) is 72.8 Å². The summed E-state index contributed by atoms with van der Waals surface area (Å²) in [6.07, 6.45) is 1.19. The Balaban J connectivity index is 1.80. The van der Waals surface area contributed by atoms with Crippen LogP contribution in [0, 0.1) is 0 Å². The zero-order valence-electron chi connectivity index (χ0n) is 15.2. The van der Waals surface area contributed by atoms with Crippen LogP contribution in [0.3, 0.4) is 0 Å². The smallest absolute Gasteiger partial charge is 0.0196 e. The Kier molecular flexibility index (Phi) is 2.90. The minimum atomic E-state index is 0.128. The van der Waals surface area contributed by atoms with Crippen molar-refractivity contribution in [2.24, 2.45) is 0 Å². The van der Waals surface area contributed by atoms with E-state index in [0.29, 0.717) is 5.92 Å². The van der Waals surface area contributed by atoms with E-state index < -0.39 is 0 Å². The Morgan fingerprint density at radius 1 is 0.640 bits per heavy atom. The average molecular weight is 324 g/mol. The normalized spacial score (nSPS) is 23.2. The molecule has 0 aromatic heterocycles. The first-order chi connectivity index (χ1) is 12.0. The van der Waals surface area contributed by atoms with Crippen LogP contribution in [0.4, 0.5) is 0 Å². The van der Waals surface area contributed by atoms with E-state index in [2.05, 4.69) is 93.6 Å². The van der Waals surface area contributed by atoms with Gasteiger partial charge in [-0.25, -0.2) is 0 Å². The summed E-state index contributed by atoms with van der Waals surface area (Å²) in [5.41, 5.74) is 9.26. The minimum absolute atomic E-state index is 0.128. The highest BCUT2D eigenvalue weighted by molar-refractivity contribution is 5.80. The molecule has 124 valence electrons. The number of benzene rings is 3. The van der Waals surface area contributed by atoms with Crippen LogP contribution in [-0.2, 0) is 10.8 Å². The molecule has 2 aliphatic carbocycles. The van der Waals surface area contributed by atoms with Gasteiger partial charge in [-0.15, -0.1) is 0 Å². The molecular weight excluding hydrogens is 300 g/mol. The summed E-state index contributed by atoms with van der Waals surface area (Å²) < 4.78 is 0. The van der Waals surface area contributed by atoms with Gasteiger partial charge in [0.25, 0.3) is 0 Å². The Morgan fingerprint density at radius 3 is 1.72 bits per heavy atom. The lowest BCUT2D eigenvalue weighted by Gasteiger charge is -2.35. The maximum absolute atomic E-state index is 2.49. The minimum Gasteiger partial charge on any atom is -0.0620 e. The summed E-state index contributed by atoms with van der Waals surface area (Å²) in [5, 5.41) is 0. The molecule has 0 saturated heterocycles. The topological polar surface area (TPSA) is 0 Å². The monoisotopic (exact) mass is 324 g/mol. The highest BCUT2D eigenvalue weighted by Crippen LogP contribution is 2.61. The van der Waals surface area contributed by atoms with Gasteiger partial charge in [-0.1, -0.05) is 93.6 Å². The molecule has 3 aromatic rings. The van der Waals surface area contributed by atoms with Gasteiger partial charge in [0.05, 0.1) is 0 Å². The van der Waals surface area contributed by atoms with Crippen LogP contribution in [0.25, 0.3) is 11.1 Å². The van der Waals surface area contributed by atoms with Crippen molar-refractivity contribution in [3.05, 3.63) is 95.1 Å². The lowest BCUT2D eigenvalue weighted by Crippen LogP contribution is -2.29. The molecule has 0 fully saturated rings. The molecule has 0 bridgehead atoms. The van der Waals surface area contributed by atoms with Gasteiger partial charge in [0, 0.05) is 11.3 Å². The third kappa shape index (κ3) is 1.88. The predicted octanol–water partition coefficient (Wildman–Crippen LogP) is 6.44. The van der Waals surface area contributed by atoms with E-state index in [1.807, 2.05) is 0 Å². The molecular formula is C25H24. The van der Waals surface area contributed by atoms with Crippen LogP contribution in [0.5, 0.6) is 0 Å². The zero-order chi connectivity index (χ0) is 17.2. The molecule has 0 aliphatic heterocycles. The molecule has 0 saturated carbocycles. The molecule has 0 amide bonds. The fourth-order valence-corrected chi connectivity index (χ4v) is 5.78. The van der Waals surface area contributed by atoms with Crippen molar-refractivity contribution < 1.29 is 0 Å². The van der Waals surface area contributed by atoms with Gasteiger partial charge in [0.2, 0.25) is 0 Å². The first kappa shape index (κ1) is 15.0. The molecule has 25 heavy (non-hydrogen) atoms. The summed E-state index contributed by atoms with van der Waals surface area (Å²) in [4.78, 5) is 0. The summed E-state index contributed by atoms with van der Waals surface area (Å²) in [5.74, 6) is 0.433. The van der Waals surface area contributed by atoms with Crippen molar-refractivity contribution in [1.29, 1.82) is 0 Å². The molecule has 0 N–H and O–H groups in total. The molecule has 0 heterocycles. The molecule has 0 spiro atoms. The van der Waals surface area contributed by atoms with E-state index in [1.165, 1.54) is 39.8 Å². The highest BCUT2D eigenvalue weighted by atomic mass is 14.5. The van der Waals surface area contributed by atoms with Gasteiger partial charge in [-0.05, 0) is 45.2 Å². The van der Waals surface area contributed by atoms with Crippen molar-refractivity contribution in [2.45, 2.75) is 43.9 Å². The van der Waals surface area contributed by atoms with E-state index in [0.717, 1.165) is 0 Å². The molecule has 0 nitrogen and oxygen atoms in total. The standard InChI is InChI=1S/C25H24/c1-24(2)16-25(3,22-15-9-8-14-21(22)24)23-19-12-6-4-10-17(19)18-11-5-7-13-20(18)23/h4-15,23H,16H2,1-3H3. The van der Waals surface area contributed by atoms with Gasteiger partial charge in [-0.2, -0.15) is 0 Å². The SMILES string of the molecule is CC1(C)CC(C)(C2c3ccccc3-c3ccccc32)c2ccccc21. The molecule has 5 rings (SSSR count).